The van der Waals surface area contributed by atoms with Gasteiger partial charge in [-0.05, 0) is 62.7 Å². The first kappa shape index (κ1) is 20.2. The molecular formula is C18H22ClN3O3S. The predicted octanol–water partition coefficient (Wildman–Crippen LogP) is 2.91. The normalized spacial score (nSPS) is 16.6. The second kappa shape index (κ2) is 8.53. The third-order valence-corrected chi connectivity index (χ3v) is 5.51. The van der Waals surface area contributed by atoms with Crippen LogP contribution in [-0.4, -0.2) is 26.9 Å². The second-order valence-corrected chi connectivity index (χ2v) is 7.82. The van der Waals surface area contributed by atoms with Crippen molar-refractivity contribution in [2.75, 3.05) is 16.6 Å². The summed E-state index contributed by atoms with van der Waals surface area (Å²) in [7, 11) is -3.63. The van der Waals surface area contributed by atoms with Crippen LogP contribution in [0.1, 0.15) is 18.4 Å². The summed E-state index contributed by atoms with van der Waals surface area (Å²) in [6.45, 7) is 2.76. The smallest absolute Gasteiger partial charge is 0.261 e. The zero-order valence-corrected chi connectivity index (χ0v) is 16.0. The van der Waals surface area contributed by atoms with E-state index >= 15 is 0 Å². The Balaban J connectivity index is 0.00000243. The topological polar surface area (TPSA) is 87.3 Å². The minimum Gasteiger partial charge on any atom is -0.325 e. The number of sulfonamides is 1. The summed E-state index contributed by atoms with van der Waals surface area (Å²) >= 11 is 0. The van der Waals surface area contributed by atoms with Crippen LogP contribution in [0.4, 0.5) is 11.4 Å². The molecule has 8 heteroatoms. The lowest BCUT2D eigenvalue weighted by molar-refractivity contribution is -0.117. The van der Waals surface area contributed by atoms with Gasteiger partial charge in [0.1, 0.15) is 0 Å². The monoisotopic (exact) mass is 395 g/mol. The molecule has 1 heterocycles. The Kier molecular flexibility index (Phi) is 6.63. The number of rotatable bonds is 5. The summed E-state index contributed by atoms with van der Waals surface area (Å²) in [4.78, 5) is 12.3. The third-order valence-electron chi connectivity index (χ3n) is 4.11. The van der Waals surface area contributed by atoms with Gasteiger partial charge in [0.05, 0.1) is 10.9 Å². The maximum Gasteiger partial charge on any atom is 0.261 e. The van der Waals surface area contributed by atoms with E-state index in [0.29, 0.717) is 11.4 Å². The number of aryl methyl sites for hydroxylation is 1. The Labute approximate surface area is 159 Å². The SMILES string of the molecule is Cc1ccc(S(=O)(=O)Nc2ccc(NC(=O)C3CCCN3)cc2)cc1.Cl. The fraction of sp³-hybridized carbons (Fsp3) is 0.278. The summed E-state index contributed by atoms with van der Waals surface area (Å²) in [5.41, 5.74) is 2.07. The van der Waals surface area contributed by atoms with Crippen LogP contribution in [0.2, 0.25) is 0 Å². The van der Waals surface area contributed by atoms with Crippen LogP contribution in [-0.2, 0) is 14.8 Å². The van der Waals surface area contributed by atoms with Gasteiger partial charge in [-0.1, -0.05) is 17.7 Å². The second-order valence-electron chi connectivity index (χ2n) is 6.13. The highest BCUT2D eigenvalue weighted by Crippen LogP contribution is 2.19. The summed E-state index contributed by atoms with van der Waals surface area (Å²) < 4.78 is 27.3. The molecule has 1 saturated heterocycles. The Morgan fingerprint density at radius 2 is 1.65 bits per heavy atom. The number of benzene rings is 2. The summed E-state index contributed by atoms with van der Waals surface area (Å²) in [6.07, 6.45) is 1.83. The maximum atomic E-state index is 12.4. The van der Waals surface area contributed by atoms with E-state index in [-0.39, 0.29) is 29.3 Å². The van der Waals surface area contributed by atoms with Gasteiger partial charge in [0.2, 0.25) is 5.91 Å². The van der Waals surface area contributed by atoms with Gasteiger partial charge in [0, 0.05) is 11.4 Å². The maximum absolute atomic E-state index is 12.4. The van der Waals surface area contributed by atoms with E-state index in [1.807, 2.05) is 6.92 Å². The fourth-order valence-electron chi connectivity index (χ4n) is 2.69. The first-order valence-corrected chi connectivity index (χ1v) is 9.66. The first-order chi connectivity index (χ1) is 11.9. The van der Waals surface area contributed by atoms with E-state index in [4.69, 9.17) is 0 Å². The number of amides is 1. The summed E-state index contributed by atoms with van der Waals surface area (Å²) in [5, 5.41) is 5.97. The molecule has 140 valence electrons. The van der Waals surface area contributed by atoms with Crippen molar-refractivity contribution >= 4 is 39.7 Å². The number of nitrogens with one attached hydrogen (secondary N) is 3. The van der Waals surface area contributed by atoms with Crippen molar-refractivity contribution in [3.05, 3.63) is 54.1 Å². The standard InChI is InChI=1S/C18H21N3O3S.ClH/c1-13-4-10-16(11-5-13)25(23,24)21-15-8-6-14(7-9-15)20-18(22)17-3-2-12-19-17;/h4-11,17,19,21H,2-3,12H2,1H3,(H,20,22);1H. The Bertz CT molecular complexity index is 846. The zero-order chi connectivity index (χ0) is 17.9. The largest absolute Gasteiger partial charge is 0.325 e. The third kappa shape index (κ3) is 4.97. The van der Waals surface area contributed by atoms with Gasteiger partial charge in [-0.3, -0.25) is 9.52 Å². The molecule has 2 aromatic carbocycles. The van der Waals surface area contributed by atoms with Gasteiger partial charge in [0.15, 0.2) is 0 Å². The number of anilines is 2. The molecule has 6 nitrogen and oxygen atoms in total. The molecule has 26 heavy (non-hydrogen) atoms. The van der Waals surface area contributed by atoms with Crippen molar-refractivity contribution in [2.24, 2.45) is 0 Å². The minimum absolute atomic E-state index is 0. The number of hydrogen-bond donors (Lipinski definition) is 3. The zero-order valence-electron chi connectivity index (χ0n) is 14.4. The van der Waals surface area contributed by atoms with E-state index in [1.165, 1.54) is 0 Å². The van der Waals surface area contributed by atoms with Crippen molar-refractivity contribution in [3.63, 3.8) is 0 Å². The summed E-state index contributed by atoms with van der Waals surface area (Å²) in [6, 6.07) is 13.1. The van der Waals surface area contributed by atoms with Gasteiger partial charge < -0.3 is 10.6 Å². The van der Waals surface area contributed by atoms with Crippen LogP contribution >= 0.6 is 12.4 Å². The quantitative estimate of drug-likeness (QED) is 0.726. The van der Waals surface area contributed by atoms with Gasteiger partial charge in [-0.2, -0.15) is 0 Å². The molecular weight excluding hydrogens is 374 g/mol. The number of halogens is 1. The van der Waals surface area contributed by atoms with Crippen molar-refractivity contribution in [2.45, 2.75) is 30.7 Å². The van der Waals surface area contributed by atoms with Crippen LogP contribution in [0.3, 0.4) is 0 Å². The van der Waals surface area contributed by atoms with Crippen LogP contribution in [0.25, 0.3) is 0 Å². The van der Waals surface area contributed by atoms with E-state index in [9.17, 15) is 13.2 Å². The molecule has 0 aliphatic carbocycles. The lowest BCUT2D eigenvalue weighted by Crippen LogP contribution is -2.35. The molecule has 0 radical (unpaired) electrons. The van der Waals surface area contributed by atoms with Crippen LogP contribution in [0, 0.1) is 6.92 Å². The fourth-order valence-corrected chi connectivity index (χ4v) is 3.75. The molecule has 1 aliphatic rings. The molecule has 0 aromatic heterocycles. The van der Waals surface area contributed by atoms with Crippen LogP contribution in [0.5, 0.6) is 0 Å². The Morgan fingerprint density at radius 1 is 1.04 bits per heavy atom. The molecule has 1 atom stereocenters. The highest BCUT2D eigenvalue weighted by atomic mass is 35.5. The number of carbonyl (C=O) groups is 1. The number of hydrogen-bond acceptors (Lipinski definition) is 4. The van der Waals surface area contributed by atoms with Crippen molar-refractivity contribution < 1.29 is 13.2 Å². The average molecular weight is 396 g/mol. The Morgan fingerprint density at radius 3 is 2.23 bits per heavy atom. The molecule has 0 spiro atoms. The number of carbonyl (C=O) groups excluding carboxylic acids is 1. The first-order valence-electron chi connectivity index (χ1n) is 8.18. The van der Waals surface area contributed by atoms with Gasteiger partial charge in [-0.15, -0.1) is 12.4 Å². The molecule has 1 fully saturated rings. The lowest BCUT2D eigenvalue weighted by atomic mass is 10.2. The Hall–Kier alpha value is -2.09. The highest BCUT2D eigenvalue weighted by molar-refractivity contribution is 7.92. The van der Waals surface area contributed by atoms with E-state index in [1.54, 1.807) is 48.5 Å². The molecule has 1 unspecified atom stereocenters. The van der Waals surface area contributed by atoms with Crippen LogP contribution < -0.4 is 15.4 Å². The lowest BCUT2D eigenvalue weighted by Gasteiger charge is -2.12. The molecule has 3 rings (SSSR count). The molecule has 0 saturated carbocycles. The van der Waals surface area contributed by atoms with Crippen molar-refractivity contribution in [1.29, 1.82) is 0 Å². The van der Waals surface area contributed by atoms with E-state index in [2.05, 4.69) is 15.4 Å². The van der Waals surface area contributed by atoms with Gasteiger partial charge in [-0.25, -0.2) is 8.42 Å². The van der Waals surface area contributed by atoms with Gasteiger partial charge >= 0.3 is 0 Å². The molecule has 1 aliphatic heterocycles. The molecule has 2 aromatic rings. The molecule has 0 bridgehead atoms. The van der Waals surface area contributed by atoms with E-state index < -0.39 is 10.0 Å². The minimum atomic E-state index is -3.63. The predicted molar refractivity (Wildman–Crippen MR) is 105 cm³/mol. The highest BCUT2D eigenvalue weighted by Gasteiger charge is 2.21. The average Bonchev–Trinajstić information content (AvgIpc) is 3.11. The van der Waals surface area contributed by atoms with E-state index in [0.717, 1.165) is 24.9 Å². The van der Waals surface area contributed by atoms with Crippen molar-refractivity contribution in [1.82, 2.24) is 5.32 Å². The van der Waals surface area contributed by atoms with Crippen molar-refractivity contribution in [3.8, 4) is 0 Å². The molecule has 1 amide bonds. The molecule has 3 N–H and O–H groups in total. The van der Waals surface area contributed by atoms with Gasteiger partial charge in [0.25, 0.3) is 10.0 Å². The summed E-state index contributed by atoms with van der Waals surface area (Å²) in [5.74, 6) is -0.0644. The van der Waals surface area contributed by atoms with Crippen LogP contribution in [0.15, 0.2) is 53.4 Å².